The summed E-state index contributed by atoms with van der Waals surface area (Å²) in [5, 5.41) is 16.9. The van der Waals surface area contributed by atoms with Crippen LogP contribution in [0.25, 0.3) is 0 Å². The highest BCUT2D eigenvalue weighted by Crippen LogP contribution is 2.42. The topological polar surface area (TPSA) is 346 Å². The van der Waals surface area contributed by atoms with Crippen LogP contribution in [-0.4, -0.2) is 120 Å². The predicted molar refractivity (Wildman–Crippen MR) is 327 cm³/mol. The van der Waals surface area contributed by atoms with E-state index in [0.717, 1.165) is 27.8 Å². The number of benzene rings is 5. The van der Waals surface area contributed by atoms with Gasteiger partial charge in [0, 0.05) is 54.7 Å². The molecule has 0 spiro atoms. The smallest absolute Gasteiger partial charge is 0.244 e. The SMILES string of the molecule is NC(=O)[C@@H]1CSCc2cccc(c2)CSC[C@H](NC(=O)CC(c2ccccc2)(c2ccccc2)c2ccccc2)C(=O)N[C@@H](CCCN=C(N)N)C(=O)N[C@@H](CS)C(=O)N[C@@H](CCCN=C(N)N)C(=O)N[C@@H](Cc2ccccc2)C(=O)N1. The molecule has 6 rings (SSSR count). The fourth-order valence-corrected chi connectivity index (χ4v) is 11.7. The molecule has 434 valence electrons. The third kappa shape index (κ3) is 19.3. The molecule has 0 unspecified atom stereocenters. The van der Waals surface area contributed by atoms with Gasteiger partial charge < -0.3 is 60.6 Å². The van der Waals surface area contributed by atoms with Crippen LogP contribution in [0.1, 0.15) is 65.5 Å². The minimum atomic E-state index is -1.38. The number of nitrogens with one attached hydrogen (secondary N) is 6. The summed E-state index contributed by atoms with van der Waals surface area (Å²) in [5.41, 5.74) is 32.3. The molecule has 5 aromatic rings. The van der Waals surface area contributed by atoms with E-state index in [1.165, 1.54) is 23.5 Å². The third-order valence-corrected chi connectivity index (χ3v) is 16.1. The van der Waals surface area contributed by atoms with Crippen LogP contribution in [0, 0.1) is 0 Å². The van der Waals surface area contributed by atoms with Crippen molar-refractivity contribution < 1.29 is 33.6 Å². The number of rotatable bonds is 18. The lowest BCUT2D eigenvalue weighted by Gasteiger charge is -2.36. The zero-order valence-corrected chi connectivity index (χ0v) is 47.9. The lowest BCUT2D eigenvalue weighted by molar-refractivity contribution is -0.135. The van der Waals surface area contributed by atoms with Gasteiger partial charge in [-0.2, -0.15) is 36.2 Å². The van der Waals surface area contributed by atoms with E-state index in [9.17, 15) is 33.6 Å². The minimum absolute atomic E-state index is 0.00248. The highest BCUT2D eigenvalue weighted by Gasteiger charge is 2.40. The zero-order chi connectivity index (χ0) is 58.9. The molecular weight excluding hydrogens is 1100 g/mol. The molecule has 0 aromatic heterocycles. The van der Waals surface area contributed by atoms with Crippen molar-refractivity contribution in [2.75, 3.05) is 30.3 Å². The molecule has 1 aliphatic heterocycles. The van der Waals surface area contributed by atoms with E-state index in [1.54, 1.807) is 30.3 Å². The molecule has 16 N–H and O–H groups in total. The number of nitrogens with zero attached hydrogens (tertiary/aromatic N) is 2. The van der Waals surface area contributed by atoms with Gasteiger partial charge in [-0.15, -0.1) is 0 Å². The first-order chi connectivity index (χ1) is 39.6. The predicted octanol–water partition coefficient (Wildman–Crippen LogP) is 2.27. The lowest BCUT2D eigenvalue weighted by atomic mass is 9.67. The Morgan fingerprint density at radius 2 is 0.963 bits per heavy atom. The van der Waals surface area contributed by atoms with Crippen LogP contribution >= 0.6 is 36.2 Å². The van der Waals surface area contributed by atoms with E-state index in [2.05, 4.69) is 54.5 Å². The normalized spacial score (nSPS) is 19.9. The number of fused-ring (bicyclic) bond motifs is 2. The maximum atomic E-state index is 15.0. The second-order valence-electron chi connectivity index (χ2n) is 19.6. The summed E-state index contributed by atoms with van der Waals surface area (Å²) < 4.78 is 0. The molecule has 5 aromatic carbocycles. The van der Waals surface area contributed by atoms with Gasteiger partial charge in [-0.3, -0.25) is 43.5 Å². The molecule has 0 aliphatic carbocycles. The largest absolute Gasteiger partial charge is 0.370 e. The number of guanidine groups is 2. The van der Waals surface area contributed by atoms with Crippen LogP contribution in [0.2, 0.25) is 0 Å². The first-order valence-electron chi connectivity index (χ1n) is 26.8. The number of primary amides is 1. The quantitative estimate of drug-likeness (QED) is 0.0197. The van der Waals surface area contributed by atoms with Gasteiger partial charge in [-0.25, -0.2) is 0 Å². The van der Waals surface area contributed by atoms with Crippen LogP contribution in [0.3, 0.4) is 0 Å². The Labute approximate surface area is 492 Å². The summed E-state index contributed by atoms with van der Waals surface area (Å²) in [4.78, 5) is 108. The molecule has 1 aliphatic rings. The summed E-state index contributed by atoms with van der Waals surface area (Å²) in [6.07, 6.45) is 0.257. The molecule has 23 heteroatoms. The van der Waals surface area contributed by atoms with Gasteiger partial charge in [0.15, 0.2) is 11.9 Å². The van der Waals surface area contributed by atoms with Crippen molar-refractivity contribution in [2.24, 2.45) is 38.7 Å². The van der Waals surface area contributed by atoms with Gasteiger partial charge in [0.1, 0.15) is 36.3 Å². The summed E-state index contributed by atoms with van der Waals surface area (Å²) in [5.74, 6) is -4.60. The fraction of sp³-hybridized carbons (Fsp3) is 0.339. The van der Waals surface area contributed by atoms with Gasteiger partial charge >= 0.3 is 0 Å². The number of carbonyl (C=O) groups excluding carboxylic acids is 7. The highest BCUT2D eigenvalue weighted by molar-refractivity contribution is 7.98. The first-order valence-corrected chi connectivity index (χ1v) is 29.8. The second-order valence-corrected chi connectivity index (χ2v) is 22.1. The molecule has 0 radical (unpaired) electrons. The first kappa shape index (κ1) is 63.2. The van der Waals surface area contributed by atoms with Crippen molar-refractivity contribution in [3.63, 3.8) is 0 Å². The molecule has 0 fully saturated rings. The van der Waals surface area contributed by atoms with E-state index in [0.29, 0.717) is 17.1 Å². The number of thiol groups is 1. The molecule has 1 heterocycles. The Balaban J connectivity index is 1.36. The molecule has 7 amide bonds. The number of amides is 7. The number of thioether (sulfide) groups is 2. The molecule has 2 bridgehead atoms. The van der Waals surface area contributed by atoms with Crippen molar-refractivity contribution in [3.05, 3.63) is 179 Å². The highest BCUT2D eigenvalue weighted by atomic mass is 32.2. The summed E-state index contributed by atoms with van der Waals surface area (Å²) >= 11 is 7.17. The van der Waals surface area contributed by atoms with Crippen LogP contribution < -0.4 is 60.6 Å². The molecule has 82 heavy (non-hydrogen) atoms. The Bertz CT molecular complexity index is 2880. The summed E-state index contributed by atoms with van der Waals surface area (Å²) in [6, 6.07) is 38.1. The molecule has 0 saturated carbocycles. The van der Waals surface area contributed by atoms with Gasteiger partial charge in [0.25, 0.3) is 0 Å². The van der Waals surface area contributed by atoms with Crippen molar-refractivity contribution in [1.29, 1.82) is 0 Å². The Kier molecular flexibility index (Phi) is 25.0. The maximum Gasteiger partial charge on any atom is 0.244 e. The summed E-state index contributed by atoms with van der Waals surface area (Å²) in [7, 11) is 0. The van der Waals surface area contributed by atoms with Crippen molar-refractivity contribution >= 4 is 89.4 Å². The fourth-order valence-electron chi connectivity index (χ4n) is 9.40. The number of hydrogen-bond acceptors (Lipinski definition) is 12. The van der Waals surface area contributed by atoms with E-state index in [1.807, 2.05) is 115 Å². The monoisotopic (exact) mass is 1170 g/mol. The maximum absolute atomic E-state index is 15.0. The molecular formula is C59H73N13O7S3. The Morgan fingerprint density at radius 3 is 1.44 bits per heavy atom. The van der Waals surface area contributed by atoms with Crippen LogP contribution in [-0.2, 0) is 56.9 Å². The van der Waals surface area contributed by atoms with E-state index in [-0.39, 0.29) is 80.8 Å². The van der Waals surface area contributed by atoms with E-state index in [4.69, 9.17) is 28.7 Å². The van der Waals surface area contributed by atoms with Gasteiger partial charge in [0.05, 0.1) is 5.41 Å². The number of carbonyl (C=O) groups is 7. The molecule has 20 nitrogen and oxygen atoms in total. The zero-order valence-electron chi connectivity index (χ0n) is 45.4. The minimum Gasteiger partial charge on any atom is -0.370 e. The summed E-state index contributed by atoms with van der Waals surface area (Å²) in [6.45, 7) is 0.176. The van der Waals surface area contributed by atoms with Crippen LogP contribution in [0.5, 0.6) is 0 Å². The standard InChI is InChI=1S/C59H73N13O7S3/c60-51(74)48-36-81-34-39-18-13-19-40(30-39)35-82-37-49(67-50(73)32-59(41-20-7-2-8-21-41,42-22-9-3-10-23-42)43-24-11-4-12-25-43)56(79)69-45(27-15-29-66-58(63)64)53(76)71-47(33-80)55(78)68-44(26-14-28-65-57(61)62)52(75)70-46(54(77)72-48)31-38-16-5-1-6-17-38/h1-13,16-25,30,44-49,80H,14-15,26-29,31-37H2,(H2,60,74)(H,67,73)(H,68,78)(H,69,79)(H,70,75)(H,71,76)(H,72,77)(H4,61,62,65)(H4,63,64,66)/t44-,45-,46-,47-,48-,49-/m0/s1. The van der Waals surface area contributed by atoms with Gasteiger partial charge in [0.2, 0.25) is 41.4 Å². The lowest BCUT2D eigenvalue weighted by Crippen LogP contribution is -2.60. The average molecular weight is 1170 g/mol. The number of nitrogens with two attached hydrogens (primary N) is 5. The van der Waals surface area contributed by atoms with Crippen LogP contribution in [0.4, 0.5) is 0 Å². The van der Waals surface area contributed by atoms with Crippen LogP contribution in [0.15, 0.2) is 156 Å². The van der Waals surface area contributed by atoms with Crippen molar-refractivity contribution in [3.8, 4) is 0 Å². The van der Waals surface area contributed by atoms with E-state index >= 15 is 0 Å². The van der Waals surface area contributed by atoms with Crippen molar-refractivity contribution in [2.45, 2.75) is 91.7 Å². The van der Waals surface area contributed by atoms with Crippen molar-refractivity contribution in [1.82, 2.24) is 31.9 Å². The Morgan fingerprint density at radius 1 is 0.537 bits per heavy atom. The Hall–Kier alpha value is -8.02. The molecule has 6 atom stereocenters. The van der Waals surface area contributed by atoms with Gasteiger partial charge in [-0.05, 0) is 59.1 Å². The van der Waals surface area contributed by atoms with E-state index < -0.39 is 83.0 Å². The van der Waals surface area contributed by atoms with Gasteiger partial charge in [-0.1, -0.05) is 146 Å². The second kappa shape index (κ2) is 32.4. The number of hydrogen-bond donors (Lipinski definition) is 12. The number of aliphatic imine (C=N–C) groups is 2. The average Bonchev–Trinajstić information content (AvgIpc) is 3.67. The molecule has 0 saturated heterocycles. The third-order valence-electron chi connectivity index (χ3n) is 13.5.